The van der Waals surface area contributed by atoms with Crippen LogP contribution >= 0.6 is 23.2 Å². The number of halogens is 2. The molecule has 1 aliphatic rings. The fraction of sp³-hybridized carbons (Fsp3) is 0.294. The Hall–Kier alpha value is -1.98. The van der Waals surface area contributed by atoms with Gasteiger partial charge in [-0.25, -0.2) is 4.98 Å². The summed E-state index contributed by atoms with van der Waals surface area (Å²) < 4.78 is 5.17. The number of nitrogens with zero attached hydrogens (tertiary/aromatic N) is 3. The van der Waals surface area contributed by atoms with Crippen molar-refractivity contribution in [2.24, 2.45) is 0 Å². The first kappa shape index (κ1) is 16.9. The number of hydrogen-bond acceptors (Lipinski definition) is 4. The maximum Gasteiger partial charge on any atom is 0.255 e. The molecule has 5 nitrogen and oxygen atoms in total. The summed E-state index contributed by atoms with van der Waals surface area (Å²) in [5.41, 5.74) is 1.58. The number of amides is 1. The van der Waals surface area contributed by atoms with Gasteiger partial charge in [0.15, 0.2) is 0 Å². The van der Waals surface area contributed by atoms with E-state index in [0.717, 1.165) is 24.5 Å². The van der Waals surface area contributed by atoms with Crippen LogP contribution in [0.15, 0.2) is 36.5 Å². The molecule has 0 saturated carbocycles. The van der Waals surface area contributed by atoms with Crippen LogP contribution in [0, 0.1) is 0 Å². The lowest BCUT2D eigenvalue weighted by atomic mass is 10.2. The number of piperazine rings is 1. The van der Waals surface area contributed by atoms with Crippen molar-refractivity contribution in [2.45, 2.75) is 0 Å². The lowest BCUT2D eigenvalue weighted by Gasteiger charge is -2.36. The molecule has 1 aliphatic heterocycles. The predicted octanol–water partition coefficient (Wildman–Crippen LogP) is 3.36. The average Bonchev–Trinajstić information content (AvgIpc) is 2.63. The number of carbonyl (C=O) groups excluding carboxylic acids is 1. The summed E-state index contributed by atoms with van der Waals surface area (Å²) >= 11 is 11.7. The third-order valence-electron chi connectivity index (χ3n) is 4.05. The molecule has 0 spiro atoms. The second-order valence-electron chi connectivity index (χ2n) is 5.47. The van der Waals surface area contributed by atoms with E-state index in [-0.39, 0.29) is 11.1 Å². The highest BCUT2D eigenvalue weighted by Gasteiger charge is 2.23. The first-order valence-electron chi connectivity index (χ1n) is 7.58. The molecule has 3 rings (SSSR count). The molecule has 0 bridgehead atoms. The van der Waals surface area contributed by atoms with Crippen LogP contribution in [0.25, 0.3) is 0 Å². The number of benzene rings is 1. The Morgan fingerprint density at radius 3 is 2.38 bits per heavy atom. The summed E-state index contributed by atoms with van der Waals surface area (Å²) in [6, 6.07) is 9.50. The van der Waals surface area contributed by atoms with Crippen molar-refractivity contribution >= 4 is 34.8 Å². The van der Waals surface area contributed by atoms with Gasteiger partial charge in [0.25, 0.3) is 5.91 Å². The zero-order valence-corrected chi connectivity index (χ0v) is 14.7. The van der Waals surface area contributed by atoms with Gasteiger partial charge in [0.05, 0.1) is 17.7 Å². The van der Waals surface area contributed by atoms with Gasteiger partial charge >= 0.3 is 0 Å². The standard InChI is InChI=1S/C17H17Cl2N3O2/c1-24-14-4-2-13(3-5-14)21-6-8-22(9-7-21)17(23)12-10-15(18)16(19)20-11-12/h2-5,10-11H,6-9H2,1H3. The van der Waals surface area contributed by atoms with Gasteiger partial charge in [0.2, 0.25) is 0 Å². The van der Waals surface area contributed by atoms with E-state index in [4.69, 9.17) is 27.9 Å². The van der Waals surface area contributed by atoms with Gasteiger partial charge in [0.1, 0.15) is 10.9 Å². The largest absolute Gasteiger partial charge is 0.497 e. The van der Waals surface area contributed by atoms with Crippen molar-refractivity contribution in [1.29, 1.82) is 0 Å². The second-order valence-corrected chi connectivity index (χ2v) is 6.24. The number of pyridine rings is 1. The van der Waals surface area contributed by atoms with E-state index < -0.39 is 0 Å². The molecule has 2 aromatic rings. The van der Waals surface area contributed by atoms with Crippen LogP contribution in [0.5, 0.6) is 5.75 Å². The van der Waals surface area contributed by atoms with E-state index in [1.807, 2.05) is 24.3 Å². The van der Waals surface area contributed by atoms with Crippen LogP contribution < -0.4 is 9.64 Å². The van der Waals surface area contributed by atoms with Crippen molar-refractivity contribution < 1.29 is 9.53 Å². The molecule has 1 saturated heterocycles. The number of rotatable bonds is 3. The van der Waals surface area contributed by atoms with Crippen LogP contribution in [0.4, 0.5) is 5.69 Å². The number of ether oxygens (including phenoxy) is 1. The lowest BCUT2D eigenvalue weighted by molar-refractivity contribution is 0.0746. The van der Waals surface area contributed by atoms with E-state index >= 15 is 0 Å². The van der Waals surface area contributed by atoms with Gasteiger partial charge in [-0.15, -0.1) is 0 Å². The molecule has 1 amide bonds. The first-order chi connectivity index (χ1) is 11.6. The predicted molar refractivity (Wildman–Crippen MR) is 95.4 cm³/mol. The first-order valence-corrected chi connectivity index (χ1v) is 8.33. The molecule has 0 aliphatic carbocycles. The zero-order chi connectivity index (χ0) is 17.1. The van der Waals surface area contributed by atoms with Gasteiger partial charge < -0.3 is 14.5 Å². The van der Waals surface area contributed by atoms with Crippen LogP contribution in [0.2, 0.25) is 10.2 Å². The quantitative estimate of drug-likeness (QED) is 0.782. The molecular weight excluding hydrogens is 349 g/mol. The van der Waals surface area contributed by atoms with E-state index in [1.165, 1.54) is 6.20 Å². The Bertz CT molecular complexity index is 729. The topological polar surface area (TPSA) is 45.7 Å². The fourth-order valence-corrected chi connectivity index (χ4v) is 2.95. The van der Waals surface area contributed by atoms with E-state index in [9.17, 15) is 4.79 Å². The number of anilines is 1. The second kappa shape index (κ2) is 7.28. The van der Waals surface area contributed by atoms with Crippen LogP contribution in [-0.4, -0.2) is 49.1 Å². The molecule has 0 radical (unpaired) electrons. The van der Waals surface area contributed by atoms with Gasteiger partial charge in [-0.3, -0.25) is 4.79 Å². The van der Waals surface area contributed by atoms with Crippen LogP contribution in [0.1, 0.15) is 10.4 Å². The molecule has 0 atom stereocenters. The molecule has 24 heavy (non-hydrogen) atoms. The van der Waals surface area contributed by atoms with Crippen molar-refractivity contribution in [3.05, 3.63) is 52.3 Å². The molecule has 0 unspecified atom stereocenters. The minimum absolute atomic E-state index is 0.0737. The zero-order valence-electron chi connectivity index (χ0n) is 13.2. The number of aromatic nitrogens is 1. The summed E-state index contributed by atoms with van der Waals surface area (Å²) in [4.78, 5) is 20.5. The van der Waals surface area contributed by atoms with Crippen molar-refractivity contribution in [3.63, 3.8) is 0 Å². The summed E-state index contributed by atoms with van der Waals surface area (Å²) in [6.07, 6.45) is 1.46. The van der Waals surface area contributed by atoms with Crippen LogP contribution in [-0.2, 0) is 0 Å². The van der Waals surface area contributed by atoms with Gasteiger partial charge in [0, 0.05) is 38.1 Å². The molecule has 1 fully saturated rings. The number of carbonyl (C=O) groups is 1. The minimum Gasteiger partial charge on any atom is -0.497 e. The highest BCUT2D eigenvalue weighted by atomic mass is 35.5. The van der Waals surface area contributed by atoms with E-state index in [2.05, 4.69) is 9.88 Å². The number of hydrogen-bond donors (Lipinski definition) is 0. The van der Waals surface area contributed by atoms with Crippen molar-refractivity contribution in [1.82, 2.24) is 9.88 Å². The summed E-state index contributed by atoms with van der Waals surface area (Å²) in [6.45, 7) is 2.83. The Balaban J connectivity index is 1.63. The average molecular weight is 366 g/mol. The van der Waals surface area contributed by atoms with E-state index in [1.54, 1.807) is 18.1 Å². The van der Waals surface area contributed by atoms with Crippen molar-refractivity contribution in [2.75, 3.05) is 38.2 Å². The summed E-state index contributed by atoms with van der Waals surface area (Å²) in [5, 5.41) is 0.497. The maximum absolute atomic E-state index is 12.5. The molecular formula is C17H17Cl2N3O2. The third kappa shape index (κ3) is 3.57. The van der Waals surface area contributed by atoms with Gasteiger partial charge in [-0.2, -0.15) is 0 Å². The van der Waals surface area contributed by atoms with Gasteiger partial charge in [-0.1, -0.05) is 23.2 Å². The molecule has 126 valence electrons. The van der Waals surface area contributed by atoms with E-state index in [0.29, 0.717) is 23.7 Å². The Kier molecular flexibility index (Phi) is 5.11. The van der Waals surface area contributed by atoms with Gasteiger partial charge in [-0.05, 0) is 30.3 Å². The Labute approximate surface area is 150 Å². The molecule has 1 aromatic heterocycles. The normalized spacial score (nSPS) is 14.6. The highest BCUT2D eigenvalue weighted by molar-refractivity contribution is 6.41. The molecule has 2 heterocycles. The highest BCUT2D eigenvalue weighted by Crippen LogP contribution is 2.23. The SMILES string of the molecule is COc1ccc(N2CCN(C(=O)c3cnc(Cl)c(Cl)c3)CC2)cc1. The fourth-order valence-electron chi connectivity index (χ4n) is 2.68. The molecule has 1 aromatic carbocycles. The lowest BCUT2D eigenvalue weighted by Crippen LogP contribution is -2.48. The monoisotopic (exact) mass is 365 g/mol. The summed E-state index contributed by atoms with van der Waals surface area (Å²) in [7, 11) is 1.65. The molecule has 7 heteroatoms. The smallest absolute Gasteiger partial charge is 0.255 e. The maximum atomic E-state index is 12.5. The Morgan fingerprint density at radius 2 is 1.79 bits per heavy atom. The van der Waals surface area contributed by atoms with Crippen molar-refractivity contribution in [3.8, 4) is 5.75 Å². The Morgan fingerprint density at radius 1 is 1.12 bits per heavy atom. The minimum atomic E-state index is -0.0737. The third-order valence-corrected chi connectivity index (χ3v) is 4.73. The molecule has 0 N–H and O–H groups in total. The number of methoxy groups -OCH3 is 1. The van der Waals surface area contributed by atoms with Crippen LogP contribution in [0.3, 0.4) is 0 Å². The summed E-state index contributed by atoms with van der Waals surface area (Å²) in [5.74, 6) is 0.759.